The number of carbonyl (C=O) groups is 1. The third-order valence-corrected chi connectivity index (χ3v) is 7.77. The van der Waals surface area contributed by atoms with Crippen molar-refractivity contribution in [1.29, 1.82) is 0 Å². The topological polar surface area (TPSA) is 119 Å². The van der Waals surface area contributed by atoms with E-state index in [0.717, 1.165) is 41.4 Å². The molecule has 42 heavy (non-hydrogen) atoms. The van der Waals surface area contributed by atoms with Crippen LogP contribution in [-0.4, -0.2) is 70.2 Å². The van der Waals surface area contributed by atoms with Crippen LogP contribution in [0.15, 0.2) is 48.8 Å². The predicted octanol–water partition coefficient (Wildman–Crippen LogP) is 5.94. The minimum Gasteiger partial charge on any atom is -0.462 e. The summed E-state index contributed by atoms with van der Waals surface area (Å²) in [6, 6.07) is 11.6. The Bertz CT molecular complexity index is 1620. The van der Waals surface area contributed by atoms with Gasteiger partial charge in [0, 0.05) is 61.6 Å². The Morgan fingerprint density at radius 2 is 2.02 bits per heavy atom. The first-order chi connectivity index (χ1) is 19.7. The zero-order chi connectivity index (χ0) is 29.3. The van der Waals surface area contributed by atoms with Crippen molar-refractivity contribution in [2.75, 3.05) is 44.0 Å². The van der Waals surface area contributed by atoms with Crippen molar-refractivity contribution in [3.8, 4) is 11.3 Å². The summed E-state index contributed by atoms with van der Waals surface area (Å²) in [5.41, 5.74) is 4.29. The van der Waals surface area contributed by atoms with Gasteiger partial charge in [0.15, 0.2) is 0 Å². The number of carbonyl (C=O) groups excluding carboxylic acids is 1. The number of anilines is 3. The highest BCUT2D eigenvalue weighted by Crippen LogP contribution is 2.36. The number of hydrogen-bond acceptors (Lipinski definition) is 9. The van der Waals surface area contributed by atoms with Crippen molar-refractivity contribution in [3.63, 3.8) is 0 Å². The minimum absolute atomic E-state index is 0. The molecule has 4 aromatic rings. The lowest BCUT2D eigenvalue weighted by Gasteiger charge is -2.27. The summed E-state index contributed by atoms with van der Waals surface area (Å²) in [4.78, 5) is 38.0. The summed E-state index contributed by atoms with van der Waals surface area (Å²) < 4.78 is 7.26. The molecule has 0 radical (unpaired) electrons. The normalized spacial score (nSPS) is 14.9. The summed E-state index contributed by atoms with van der Waals surface area (Å²) in [5.74, 6) is -0.304. The second-order valence-electron chi connectivity index (χ2n) is 10.5. The zero-order valence-electron chi connectivity index (χ0n) is 24.0. The van der Waals surface area contributed by atoms with Crippen LogP contribution in [0.5, 0.6) is 0 Å². The van der Waals surface area contributed by atoms with Crippen LogP contribution >= 0.6 is 0 Å². The lowest BCUT2D eigenvalue weighted by Crippen LogP contribution is -2.36. The molecule has 0 unspecified atom stereocenters. The summed E-state index contributed by atoms with van der Waals surface area (Å²) in [6.07, 6.45) is 5.57. The highest BCUT2D eigenvalue weighted by molar-refractivity contribution is 6.03. The van der Waals surface area contributed by atoms with Gasteiger partial charge in [-0.1, -0.05) is 25.6 Å². The molecule has 2 aromatic carbocycles. The fraction of sp³-hybridized carbons (Fsp3) is 0.387. The van der Waals surface area contributed by atoms with E-state index in [1.54, 1.807) is 6.92 Å². The van der Waals surface area contributed by atoms with Crippen molar-refractivity contribution in [2.24, 2.45) is 7.05 Å². The lowest BCUT2D eigenvalue weighted by molar-refractivity contribution is -0.384. The monoisotopic (exact) mass is 573 g/mol. The van der Waals surface area contributed by atoms with E-state index in [1.807, 2.05) is 67.0 Å². The van der Waals surface area contributed by atoms with E-state index in [-0.39, 0.29) is 36.2 Å². The molecule has 11 nitrogen and oxygen atoms in total. The Labute approximate surface area is 246 Å². The molecule has 0 amide bonds. The summed E-state index contributed by atoms with van der Waals surface area (Å²) in [7, 11) is 5.93. The largest absolute Gasteiger partial charge is 0.462 e. The van der Waals surface area contributed by atoms with Crippen molar-refractivity contribution >= 4 is 39.9 Å². The molecule has 3 heterocycles. The third-order valence-electron chi connectivity index (χ3n) is 7.77. The molecular weight excluding hydrogens is 534 g/mol. The molecule has 1 fully saturated rings. The SMILES string of the molecule is C.CCOC(=O)c1cnc(Nc2cc([N+](=O)[O-])c(N(C)C[C@H]3CCCN3C)cc2C)nc1-c1cn(C)c2ccccc12. The number of esters is 1. The average Bonchev–Trinajstić information content (AvgIpc) is 3.51. The van der Waals surface area contributed by atoms with Crippen LogP contribution in [-0.2, 0) is 11.8 Å². The second kappa shape index (κ2) is 12.6. The fourth-order valence-electron chi connectivity index (χ4n) is 5.55. The molecule has 1 saturated heterocycles. The Balaban J connectivity index is 0.00000405. The lowest BCUT2D eigenvalue weighted by atomic mass is 10.1. The van der Waals surface area contributed by atoms with Gasteiger partial charge in [0.25, 0.3) is 5.69 Å². The number of para-hydroxylation sites is 1. The number of nitrogens with one attached hydrogen (secondary N) is 1. The smallest absolute Gasteiger partial charge is 0.341 e. The first kappa shape index (κ1) is 30.4. The molecular formula is C31H39N7O4. The predicted molar refractivity (Wildman–Crippen MR) is 167 cm³/mol. The molecule has 1 atom stereocenters. The van der Waals surface area contributed by atoms with E-state index in [9.17, 15) is 14.9 Å². The molecule has 1 aliphatic heterocycles. The first-order valence-corrected chi connectivity index (χ1v) is 13.7. The van der Waals surface area contributed by atoms with E-state index >= 15 is 0 Å². The van der Waals surface area contributed by atoms with Gasteiger partial charge in [-0.25, -0.2) is 14.8 Å². The van der Waals surface area contributed by atoms with Crippen LogP contribution in [0.25, 0.3) is 22.2 Å². The number of nitro benzene ring substituents is 1. The van der Waals surface area contributed by atoms with Gasteiger partial charge >= 0.3 is 5.97 Å². The van der Waals surface area contributed by atoms with Gasteiger partial charge in [0.05, 0.1) is 22.9 Å². The van der Waals surface area contributed by atoms with Crippen LogP contribution in [0.4, 0.5) is 23.0 Å². The van der Waals surface area contributed by atoms with Crippen LogP contribution in [0.3, 0.4) is 0 Å². The number of rotatable bonds is 9. The number of nitrogens with zero attached hydrogens (tertiary/aromatic N) is 6. The quantitative estimate of drug-likeness (QED) is 0.147. The maximum absolute atomic E-state index is 12.9. The summed E-state index contributed by atoms with van der Waals surface area (Å²) in [6.45, 7) is 5.60. The number of benzene rings is 2. The number of aryl methyl sites for hydroxylation is 2. The number of ether oxygens (including phenoxy) is 1. The summed E-state index contributed by atoms with van der Waals surface area (Å²) in [5, 5.41) is 16.2. The summed E-state index contributed by atoms with van der Waals surface area (Å²) >= 11 is 0. The fourth-order valence-corrected chi connectivity index (χ4v) is 5.55. The number of hydrogen-bond donors (Lipinski definition) is 1. The van der Waals surface area contributed by atoms with Crippen LogP contribution in [0, 0.1) is 17.0 Å². The Kier molecular flexibility index (Phi) is 9.11. The van der Waals surface area contributed by atoms with Gasteiger partial charge < -0.3 is 24.4 Å². The zero-order valence-corrected chi connectivity index (χ0v) is 24.0. The van der Waals surface area contributed by atoms with E-state index in [4.69, 9.17) is 9.72 Å². The van der Waals surface area contributed by atoms with Gasteiger partial charge in [-0.3, -0.25) is 10.1 Å². The molecule has 0 saturated carbocycles. The van der Waals surface area contributed by atoms with Gasteiger partial charge in [0.2, 0.25) is 5.95 Å². The Morgan fingerprint density at radius 3 is 2.71 bits per heavy atom. The number of aromatic nitrogens is 3. The molecule has 222 valence electrons. The molecule has 2 aromatic heterocycles. The maximum atomic E-state index is 12.9. The average molecular weight is 574 g/mol. The van der Waals surface area contributed by atoms with E-state index in [0.29, 0.717) is 29.7 Å². The minimum atomic E-state index is -0.519. The molecule has 11 heteroatoms. The maximum Gasteiger partial charge on any atom is 0.341 e. The van der Waals surface area contributed by atoms with Crippen LogP contribution in [0.2, 0.25) is 0 Å². The number of nitro groups is 1. The Hall–Kier alpha value is -4.51. The van der Waals surface area contributed by atoms with Gasteiger partial charge in [-0.2, -0.15) is 0 Å². The van der Waals surface area contributed by atoms with E-state index < -0.39 is 5.97 Å². The van der Waals surface area contributed by atoms with Gasteiger partial charge in [-0.05, 0) is 58.0 Å². The van der Waals surface area contributed by atoms with Gasteiger partial charge in [-0.15, -0.1) is 0 Å². The van der Waals surface area contributed by atoms with Crippen molar-refractivity contribution in [1.82, 2.24) is 19.4 Å². The number of likely N-dealkylation sites (tertiary alicyclic amines) is 1. The molecule has 0 spiro atoms. The number of likely N-dealkylation sites (N-methyl/N-ethyl adjacent to an activating group) is 2. The second-order valence-corrected chi connectivity index (χ2v) is 10.5. The van der Waals surface area contributed by atoms with Crippen molar-refractivity contribution in [3.05, 3.63) is 70.0 Å². The highest BCUT2D eigenvalue weighted by atomic mass is 16.6. The molecule has 1 aliphatic rings. The first-order valence-electron chi connectivity index (χ1n) is 13.7. The highest BCUT2D eigenvalue weighted by Gasteiger charge is 2.27. The van der Waals surface area contributed by atoms with Gasteiger partial charge in [0.1, 0.15) is 11.3 Å². The van der Waals surface area contributed by atoms with E-state index in [2.05, 4.69) is 22.2 Å². The van der Waals surface area contributed by atoms with Crippen molar-refractivity contribution in [2.45, 2.75) is 40.2 Å². The van der Waals surface area contributed by atoms with Crippen molar-refractivity contribution < 1.29 is 14.5 Å². The molecule has 1 N–H and O–H groups in total. The van der Waals surface area contributed by atoms with E-state index in [1.165, 1.54) is 12.3 Å². The standard InChI is InChI=1S/C30H35N7O4.CH4/c1-6-41-29(38)22-16-31-30(33-28(22)23-18-36(5)25-12-8-7-11-21(23)25)32-24-15-27(37(39)40)26(14-19(24)2)35(4)17-20-10-9-13-34(20)3;/h7-8,11-12,14-16,18,20H,6,9-10,13,17H2,1-5H3,(H,31,32,33);1H4/t20-;/m1./s1. The molecule has 5 rings (SSSR count). The number of fused-ring (bicyclic) bond motifs is 1. The van der Waals surface area contributed by atoms with Crippen LogP contribution < -0.4 is 10.2 Å². The van der Waals surface area contributed by atoms with Crippen LogP contribution in [0.1, 0.15) is 43.1 Å². The third kappa shape index (κ3) is 5.91. The molecule has 0 bridgehead atoms. The molecule has 0 aliphatic carbocycles. The Morgan fingerprint density at radius 1 is 1.26 bits per heavy atom.